The molecule has 0 spiro atoms. The Bertz CT molecular complexity index is 353. The summed E-state index contributed by atoms with van der Waals surface area (Å²) in [6.07, 6.45) is -7.15. The van der Waals surface area contributed by atoms with Crippen LogP contribution in [0, 0.1) is 0 Å². The monoisotopic (exact) mass is 376 g/mol. The number of halogens is 9. The van der Waals surface area contributed by atoms with E-state index >= 15 is 0 Å². The summed E-state index contributed by atoms with van der Waals surface area (Å²) in [5.41, 5.74) is 0. The molecule has 0 aliphatic heterocycles. The van der Waals surface area contributed by atoms with Gasteiger partial charge in [0.1, 0.15) is 0 Å². The average molecular weight is 376 g/mol. The van der Waals surface area contributed by atoms with E-state index in [2.05, 4.69) is 4.74 Å². The van der Waals surface area contributed by atoms with E-state index in [0.29, 0.717) is 12.8 Å². The van der Waals surface area contributed by atoms with Crippen LogP contribution in [0.3, 0.4) is 0 Å². The van der Waals surface area contributed by atoms with Gasteiger partial charge in [0.2, 0.25) is 0 Å². The van der Waals surface area contributed by atoms with Gasteiger partial charge < -0.3 is 4.74 Å². The molecular weight excluding hydrogens is 355 g/mol. The van der Waals surface area contributed by atoms with E-state index in [1.165, 1.54) is 0 Å². The van der Waals surface area contributed by atoms with Crippen molar-refractivity contribution in [2.75, 3.05) is 6.61 Å². The van der Waals surface area contributed by atoms with Gasteiger partial charge in [-0.2, -0.15) is 39.5 Å². The van der Waals surface area contributed by atoms with Crippen molar-refractivity contribution in [3.05, 3.63) is 0 Å². The Morgan fingerprint density at radius 2 is 1.00 bits per heavy atom. The van der Waals surface area contributed by atoms with Crippen molar-refractivity contribution >= 4 is 0 Å². The largest absolute Gasteiger partial charge is 0.460 e. The molecule has 0 aliphatic rings. The van der Waals surface area contributed by atoms with Gasteiger partial charge in [0, 0.05) is 0 Å². The van der Waals surface area contributed by atoms with E-state index in [0.717, 1.165) is 32.1 Å². The Kier molecular flexibility index (Phi) is 8.89. The molecule has 0 amide bonds. The number of rotatable bonds is 12. The normalized spacial score (nSPS) is 14.2. The fourth-order valence-corrected chi connectivity index (χ4v) is 1.89. The van der Waals surface area contributed by atoms with Crippen molar-refractivity contribution in [2.45, 2.75) is 82.4 Å². The van der Waals surface area contributed by atoms with Gasteiger partial charge in [-0.25, -0.2) is 0 Å². The molecule has 0 aromatic rings. The Morgan fingerprint density at radius 1 is 0.583 bits per heavy atom. The first kappa shape index (κ1) is 23.3. The number of alkyl halides is 9. The summed E-state index contributed by atoms with van der Waals surface area (Å²) in [5, 5.41) is 0. The summed E-state index contributed by atoms with van der Waals surface area (Å²) >= 11 is 0. The fourth-order valence-electron chi connectivity index (χ4n) is 1.89. The van der Waals surface area contributed by atoms with Crippen LogP contribution in [0.25, 0.3) is 0 Å². The molecule has 0 N–H and O–H groups in total. The topological polar surface area (TPSA) is 9.23 Å². The highest BCUT2D eigenvalue weighted by Crippen LogP contribution is 2.53. The Balaban J connectivity index is 4.30. The van der Waals surface area contributed by atoms with Crippen molar-refractivity contribution in [3.8, 4) is 0 Å². The molecule has 0 bridgehead atoms. The molecule has 0 aromatic carbocycles. The van der Waals surface area contributed by atoms with Crippen molar-refractivity contribution in [1.29, 1.82) is 0 Å². The lowest BCUT2D eigenvalue weighted by molar-refractivity contribution is -0.444. The molecule has 0 aromatic heterocycles. The first-order chi connectivity index (χ1) is 10.8. The van der Waals surface area contributed by atoms with Gasteiger partial charge in [0.15, 0.2) is 0 Å². The van der Waals surface area contributed by atoms with Crippen molar-refractivity contribution < 1.29 is 44.3 Å². The quantitative estimate of drug-likeness (QED) is 0.277. The Morgan fingerprint density at radius 3 is 1.42 bits per heavy atom. The molecular formula is C14H21F9O. The number of hydrogen-bond acceptors (Lipinski definition) is 1. The molecule has 0 unspecified atom stereocenters. The van der Waals surface area contributed by atoms with Crippen LogP contribution in [0.5, 0.6) is 0 Å². The van der Waals surface area contributed by atoms with Gasteiger partial charge in [-0.15, -0.1) is 0 Å². The predicted octanol–water partition coefficient (Wildman–Crippen LogP) is 6.57. The summed E-state index contributed by atoms with van der Waals surface area (Å²) in [5.74, 6) is -13.6. The maximum absolute atomic E-state index is 13.0. The van der Waals surface area contributed by atoms with Gasteiger partial charge in [0.05, 0.1) is 6.61 Å². The zero-order valence-electron chi connectivity index (χ0n) is 13.2. The third-order valence-corrected chi connectivity index (χ3v) is 3.40. The minimum absolute atomic E-state index is 0.142. The molecule has 0 atom stereocenters. The van der Waals surface area contributed by atoms with Gasteiger partial charge in [-0.1, -0.05) is 51.9 Å². The number of ether oxygens (including phenoxy) is 1. The van der Waals surface area contributed by atoms with Gasteiger partial charge >= 0.3 is 24.1 Å². The van der Waals surface area contributed by atoms with Crippen LogP contribution in [-0.2, 0) is 4.74 Å². The highest BCUT2D eigenvalue weighted by Gasteiger charge is 2.82. The zero-order valence-corrected chi connectivity index (χ0v) is 13.2. The molecule has 10 heteroatoms. The predicted molar refractivity (Wildman–Crippen MR) is 69.5 cm³/mol. The molecule has 0 heterocycles. The molecule has 0 fully saturated rings. The third kappa shape index (κ3) is 6.00. The van der Waals surface area contributed by atoms with E-state index < -0.39 is 30.7 Å². The van der Waals surface area contributed by atoms with Crippen molar-refractivity contribution in [3.63, 3.8) is 0 Å². The Labute approximate surface area is 134 Å². The van der Waals surface area contributed by atoms with Crippen LogP contribution in [-0.4, -0.2) is 30.7 Å². The molecule has 146 valence electrons. The van der Waals surface area contributed by atoms with Crippen LogP contribution in [0.15, 0.2) is 0 Å². The maximum atomic E-state index is 13.0. The minimum atomic E-state index is -6.90. The van der Waals surface area contributed by atoms with Gasteiger partial charge in [-0.3, -0.25) is 0 Å². The average Bonchev–Trinajstić information content (AvgIpc) is 2.43. The number of unbranched alkanes of at least 4 members (excludes halogenated alkanes) is 7. The van der Waals surface area contributed by atoms with Crippen molar-refractivity contribution in [2.24, 2.45) is 0 Å². The van der Waals surface area contributed by atoms with E-state index in [4.69, 9.17) is 0 Å². The van der Waals surface area contributed by atoms with Crippen LogP contribution >= 0.6 is 0 Å². The molecule has 1 nitrogen and oxygen atoms in total. The van der Waals surface area contributed by atoms with E-state index in [9.17, 15) is 39.5 Å². The van der Waals surface area contributed by atoms with E-state index in [-0.39, 0.29) is 6.42 Å². The highest BCUT2D eigenvalue weighted by molar-refractivity contribution is 4.96. The molecule has 24 heavy (non-hydrogen) atoms. The van der Waals surface area contributed by atoms with E-state index in [1.54, 1.807) is 0 Å². The first-order valence-electron chi connectivity index (χ1n) is 7.65. The lowest BCUT2D eigenvalue weighted by Crippen LogP contribution is -2.61. The van der Waals surface area contributed by atoms with Crippen LogP contribution in [0.4, 0.5) is 39.5 Å². The summed E-state index contributed by atoms with van der Waals surface area (Å²) < 4.78 is 116. The summed E-state index contributed by atoms with van der Waals surface area (Å²) in [7, 11) is 0. The molecule has 0 saturated carbocycles. The number of hydrogen-bond donors (Lipinski definition) is 0. The summed E-state index contributed by atoms with van der Waals surface area (Å²) in [4.78, 5) is 0. The third-order valence-electron chi connectivity index (χ3n) is 3.40. The molecule has 0 saturated heterocycles. The molecule has 0 rings (SSSR count). The smallest absolute Gasteiger partial charge is 0.316 e. The minimum Gasteiger partial charge on any atom is -0.316 e. The second kappa shape index (κ2) is 9.15. The van der Waals surface area contributed by atoms with Crippen LogP contribution in [0.1, 0.15) is 58.3 Å². The Hall–Kier alpha value is -0.670. The zero-order chi connectivity index (χ0) is 19.1. The van der Waals surface area contributed by atoms with Crippen LogP contribution in [0.2, 0.25) is 0 Å². The second-order valence-electron chi connectivity index (χ2n) is 5.49. The summed E-state index contributed by atoms with van der Waals surface area (Å²) in [6, 6.07) is 0. The first-order valence-corrected chi connectivity index (χ1v) is 7.65. The van der Waals surface area contributed by atoms with Crippen molar-refractivity contribution in [1.82, 2.24) is 0 Å². The lowest BCUT2D eigenvalue weighted by Gasteiger charge is -2.33. The summed E-state index contributed by atoms with van der Waals surface area (Å²) in [6.45, 7) is 0.987. The standard InChI is InChI=1S/C14H21F9O/c1-2-3-4-5-6-7-8-9-10-24-14(22,23)12(17,18)11(15,16)13(19,20)21/h2-10H2,1H3. The van der Waals surface area contributed by atoms with Gasteiger partial charge in [0.25, 0.3) is 0 Å². The molecule has 0 radical (unpaired) electrons. The SMILES string of the molecule is CCCCCCCCCCOC(F)(F)C(F)(F)C(F)(F)C(F)(F)F. The fraction of sp³-hybridized carbons (Fsp3) is 1.00. The molecule has 0 aliphatic carbocycles. The van der Waals surface area contributed by atoms with Crippen LogP contribution < -0.4 is 0 Å². The lowest BCUT2D eigenvalue weighted by atomic mass is 10.1. The second-order valence-corrected chi connectivity index (χ2v) is 5.49. The van der Waals surface area contributed by atoms with Gasteiger partial charge in [-0.05, 0) is 6.42 Å². The maximum Gasteiger partial charge on any atom is 0.460 e. The van der Waals surface area contributed by atoms with E-state index in [1.807, 2.05) is 6.92 Å². The highest BCUT2D eigenvalue weighted by atomic mass is 19.4.